The summed E-state index contributed by atoms with van der Waals surface area (Å²) in [7, 11) is 0. The van der Waals surface area contributed by atoms with Gasteiger partial charge in [0.2, 0.25) is 17.3 Å². The highest BCUT2D eigenvalue weighted by Gasteiger charge is 2.36. The highest BCUT2D eigenvalue weighted by molar-refractivity contribution is 8.04. The van der Waals surface area contributed by atoms with Gasteiger partial charge in [0.25, 0.3) is 5.91 Å². The zero-order valence-electron chi connectivity index (χ0n) is 13.9. The Morgan fingerprint density at radius 3 is 2.69 bits per heavy atom. The number of Topliss-reactive ketones (excluding diaryl/α,β-unsaturated/α-hetero) is 1. The van der Waals surface area contributed by atoms with Crippen LogP contribution in [0.1, 0.15) is 50.7 Å². The molecule has 6 nitrogen and oxygen atoms in total. The first-order chi connectivity index (χ1) is 12.6. The van der Waals surface area contributed by atoms with Gasteiger partial charge in [-0.25, -0.2) is 0 Å². The Labute approximate surface area is 154 Å². The fourth-order valence-electron chi connectivity index (χ4n) is 2.88. The lowest BCUT2D eigenvalue weighted by molar-refractivity contribution is 0.0967. The van der Waals surface area contributed by atoms with Gasteiger partial charge in [-0.05, 0) is 30.9 Å². The summed E-state index contributed by atoms with van der Waals surface area (Å²) >= 11 is 1.37. The fourth-order valence-corrected chi connectivity index (χ4v) is 4.06. The third-order valence-electron chi connectivity index (χ3n) is 4.57. The van der Waals surface area contributed by atoms with Crippen molar-refractivity contribution in [3.05, 3.63) is 58.3 Å². The molecule has 26 heavy (non-hydrogen) atoms. The number of rotatable bonds is 5. The quantitative estimate of drug-likeness (QED) is 0.865. The molecule has 2 aromatic rings. The zero-order chi connectivity index (χ0) is 18.1. The summed E-state index contributed by atoms with van der Waals surface area (Å²) in [5, 5.41) is 6.34. The van der Waals surface area contributed by atoms with Crippen LogP contribution in [0.15, 0.2) is 45.8 Å². The maximum absolute atomic E-state index is 12.8. The van der Waals surface area contributed by atoms with E-state index in [1.807, 2.05) is 6.07 Å². The summed E-state index contributed by atoms with van der Waals surface area (Å²) in [5.74, 6) is -0.149. The molecule has 1 aromatic carbocycles. The average molecular weight is 368 g/mol. The smallest absolute Gasteiger partial charge is 0.278 e. The molecule has 0 aliphatic heterocycles. The van der Waals surface area contributed by atoms with E-state index in [2.05, 4.69) is 10.5 Å². The molecule has 0 bridgehead atoms. The van der Waals surface area contributed by atoms with Gasteiger partial charge in [0.15, 0.2) is 5.69 Å². The van der Waals surface area contributed by atoms with E-state index in [9.17, 15) is 14.4 Å². The Bertz CT molecular complexity index is 913. The topological polar surface area (TPSA) is 89.3 Å². The minimum absolute atomic E-state index is 0.0398. The highest BCUT2D eigenvalue weighted by atomic mass is 32.2. The summed E-state index contributed by atoms with van der Waals surface area (Å²) in [6.45, 7) is 0. The molecule has 1 amide bonds. The van der Waals surface area contributed by atoms with Crippen LogP contribution in [0, 0.1) is 5.92 Å². The number of carbonyl (C=O) groups is 3. The second kappa shape index (κ2) is 6.92. The predicted molar refractivity (Wildman–Crippen MR) is 97.4 cm³/mol. The van der Waals surface area contributed by atoms with Crippen molar-refractivity contribution in [3.8, 4) is 0 Å². The Morgan fingerprint density at radius 2 is 2.00 bits per heavy atom. The molecular formula is C19H16N2O4S. The largest absolute Gasteiger partial charge is 0.351 e. The minimum atomic E-state index is -0.576. The van der Waals surface area contributed by atoms with Gasteiger partial charge in [-0.2, -0.15) is 0 Å². The number of hydrogen-bond donors (Lipinski definition) is 1. The van der Waals surface area contributed by atoms with Crippen molar-refractivity contribution >= 4 is 34.9 Å². The number of thioether (sulfide) groups is 1. The van der Waals surface area contributed by atoms with Crippen LogP contribution in [0.3, 0.4) is 0 Å². The number of para-hydroxylation sites is 1. The molecule has 1 aromatic heterocycles. The van der Waals surface area contributed by atoms with Crippen molar-refractivity contribution in [3.63, 3.8) is 0 Å². The van der Waals surface area contributed by atoms with Crippen molar-refractivity contribution in [1.29, 1.82) is 0 Å². The molecule has 132 valence electrons. The van der Waals surface area contributed by atoms with Crippen LogP contribution in [0.4, 0.5) is 5.69 Å². The molecule has 0 atom stereocenters. The van der Waals surface area contributed by atoms with Crippen molar-refractivity contribution in [2.45, 2.75) is 19.3 Å². The lowest BCUT2D eigenvalue weighted by Crippen LogP contribution is -2.21. The Kier molecular flexibility index (Phi) is 4.46. The summed E-state index contributed by atoms with van der Waals surface area (Å²) in [6.07, 6.45) is 4.83. The fraction of sp³-hybridized carbons (Fsp3) is 0.263. The van der Waals surface area contributed by atoms with E-state index in [4.69, 9.17) is 4.52 Å². The number of amides is 1. The third-order valence-corrected chi connectivity index (χ3v) is 5.83. The minimum Gasteiger partial charge on any atom is -0.351 e. The summed E-state index contributed by atoms with van der Waals surface area (Å²) in [4.78, 5) is 37.9. The van der Waals surface area contributed by atoms with Gasteiger partial charge in [-0.1, -0.05) is 29.8 Å². The molecule has 2 aliphatic carbocycles. The Hall–Kier alpha value is -2.67. The van der Waals surface area contributed by atoms with Crippen LogP contribution >= 0.6 is 11.8 Å². The van der Waals surface area contributed by atoms with E-state index < -0.39 is 11.7 Å². The molecule has 0 radical (unpaired) electrons. The highest BCUT2D eigenvalue weighted by Crippen LogP contribution is 2.36. The molecule has 0 spiro atoms. The Balaban J connectivity index is 1.56. The van der Waals surface area contributed by atoms with Crippen molar-refractivity contribution in [2.75, 3.05) is 11.1 Å². The van der Waals surface area contributed by atoms with Gasteiger partial charge in [-0.3, -0.25) is 14.4 Å². The van der Waals surface area contributed by atoms with E-state index >= 15 is 0 Å². The summed E-state index contributed by atoms with van der Waals surface area (Å²) in [5.41, 5.74) is 0.373. The number of ketones is 2. The summed E-state index contributed by atoms with van der Waals surface area (Å²) < 4.78 is 5.00. The number of aromatic nitrogens is 1. The monoisotopic (exact) mass is 368 g/mol. The number of hydrogen-bond acceptors (Lipinski definition) is 6. The van der Waals surface area contributed by atoms with Gasteiger partial charge >= 0.3 is 0 Å². The van der Waals surface area contributed by atoms with Crippen molar-refractivity contribution < 1.29 is 18.9 Å². The molecule has 0 saturated heterocycles. The molecule has 1 saturated carbocycles. The maximum atomic E-state index is 12.8. The molecule has 7 heteroatoms. The number of fused-ring (bicyclic) bond motifs is 1. The SMILES string of the molecule is O=C(Nc1ccccc1)c1noc2c1C(=O)C(SCC1CCC1)=CC2=O. The first-order valence-corrected chi connectivity index (χ1v) is 9.41. The normalized spacial score (nSPS) is 16.7. The van der Waals surface area contributed by atoms with Gasteiger partial charge in [0.1, 0.15) is 5.56 Å². The number of allylic oxidation sites excluding steroid dienone is 2. The zero-order valence-corrected chi connectivity index (χ0v) is 14.7. The molecule has 0 unspecified atom stereocenters. The van der Waals surface area contributed by atoms with E-state index in [1.54, 1.807) is 24.3 Å². The lowest BCUT2D eigenvalue weighted by Gasteiger charge is -2.25. The number of carbonyl (C=O) groups excluding carboxylic acids is 3. The molecule has 2 aliphatic rings. The maximum Gasteiger partial charge on any atom is 0.278 e. The average Bonchev–Trinajstić information content (AvgIpc) is 3.04. The van der Waals surface area contributed by atoms with Crippen LogP contribution in [-0.2, 0) is 0 Å². The van der Waals surface area contributed by atoms with Crippen LogP contribution in [0.2, 0.25) is 0 Å². The third kappa shape index (κ3) is 3.10. The van der Waals surface area contributed by atoms with E-state index in [0.29, 0.717) is 16.5 Å². The van der Waals surface area contributed by atoms with Gasteiger partial charge < -0.3 is 9.84 Å². The first kappa shape index (κ1) is 16.8. The number of anilines is 1. The van der Waals surface area contributed by atoms with Crippen LogP contribution in [0.25, 0.3) is 0 Å². The number of nitrogens with one attached hydrogen (secondary N) is 1. The van der Waals surface area contributed by atoms with Crippen molar-refractivity contribution in [1.82, 2.24) is 5.16 Å². The van der Waals surface area contributed by atoms with Crippen LogP contribution < -0.4 is 5.32 Å². The van der Waals surface area contributed by atoms with Crippen molar-refractivity contribution in [2.24, 2.45) is 5.92 Å². The molecule has 1 N–H and O–H groups in total. The van der Waals surface area contributed by atoms with Gasteiger partial charge in [0, 0.05) is 17.5 Å². The molecule has 1 heterocycles. The van der Waals surface area contributed by atoms with Gasteiger partial charge in [-0.15, -0.1) is 11.8 Å². The second-order valence-electron chi connectivity index (χ2n) is 6.37. The van der Waals surface area contributed by atoms with E-state index in [0.717, 1.165) is 18.6 Å². The summed E-state index contributed by atoms with van der Waals surface area (Å²) in [6, 6.07) is 8.82. The Morgan fingerprint density at radius 1 is 1.23 bits per heavy atom. The van der Waals surface area contributed by atoms with E-state index in [-0.39, 0.29) is 22.8 Å². The second-order valence-corrected chi connectivity index (χ2v) is 7.43. The standard InChI is InChI=1S/C19H16N2O4S/c22-13-9-14(26-10-11-5-4-6-11)17(23)15-16(21-25-18(13)15)19(24)20-12-7-2-1-3-8-12/h1-3,7-9,11H,4-6,10H2,(H,20,24). The lowest BCUT2D eigenvalue weighted by atomic mass is 9.87. The number of benzene rings is 1. The van der Waals surface area contributed by atoms with Gasteiger partial charge in [0.05, 0.1) is 4.91 Å². The first-order valence-electron chi connectivity index (χ1n) is 8.43. The van der Waals surface area contributed by atoms with Crippen LogP contribution in [-0.4, -0.2) is 28.4 Å². The van der Waals surface area contributed by atoms with Crippen LogP contribution in [0.5, 0.6) is 0 Å². The molecule has 1 fully saturated rings. The van der Waals surface area contributed by atoms with E-state index in [1.165, 1.54) is 24.3 Å². The number of nitrogens with zero attached hydrogens (tertiary/aromatic N) is 1. The molecule has 4 rings (SSSR count). The predicted octanol–water partition coefficient (Wildman–Crippen LogP) is 3.72. The molecular weight excluding hydrogens is 352 g/mol.